The van der Waals surface area contributed by atoms with Gasteiger partial charge in [0.25, 0.3) is 0 Å². The number of benzene rings is 1. The summed E-state index contributed by atoms with van der Waals surface area (Å²) in [5, 5.41) is 9.67. The molecule has 3 N–H and O–H groups in total. The fraction of sp³-hybridized carbons (Fsp3) is 0.577. The SMILES string of the molecule is COc1ccc(Nc2cc(C)nc(NCCNC(=O)CC34CC5CC(CC(C5)C3)C4)n2)cc1. The predicted octanol–water partition coefficient (Wildman–Crippen LogP) is 4.67. The zero-order valence-corrected chi connectivity index (χ0v) is 19.7. The molecule has 1 aromatic heterocycles. The number of nitrogens with zero attached hydrogens (tertiary/aromatic N) is 2. The molecule has 7 heteroatoms. The lowest BCUT2D eigenvalue weighted by Crippen LogP contribution is -2.48. The highest BCUT2D eigenvalue weighted by molar-refractivity contribution is 5.76. The molecule has 4 fully saturated rings. The van der Waals surface area contributed by atoms with Gasteiger partial charge >= 0.3 is 0 Å². The highest BCUT2D eigenvalue weighted by Gasteiger charge is 2.51. The summed E-state index contributed by atoms with van der Waals surface area (Å²) in [4.78, 5) is 21.7. The van der Waals surface area contributed by atoms with Gasteiger partial charge in [-0.05, 0) is 92.9 Å². The Balaban J connectivity index is 1.09. The first kappa shape index (κ1) is 22.0. The van der Waals surface area contributed by atoms with E-state index in [0.717, 1.165) is 40.7 Å². The van der Waals surface area contributed by atoms with Gasteiger partial charge in [-0.1, -0.05) is 0 Å². The summed E-state index contributed by atoms with van der Waals surface area (Å²) in [7, 11) is 1.65. The molecule has 1 amide bonds. The monoisotopic (exact) mass is 449 g/mol. The number of amides is 1. The number of aromatic nitrogens is 2. The zero-order valence-electron chi connectivity index (χ0n) is 19.7. The third kappa shape index (κ3) is 5.23. The van der Waals surface area contributed by atoms with E-state index in [9.17, 15) is 4.79 Å². The third-order valence-corrected chi connectivity index (χ3v) is 7.65. The van der Waals surface area contributed by atoms with Crippen LogP contribution in [-0.4, -0.2) is 36.1 Å². The van der Waals surface area contributed by atoms with Gasteiger partial charge in [0.1, 0.15) is 11.6 Å². The average molecular weight is 450 g/mol. The number of rotatable bonds is 9. The second kappa shape index (κ2) is 9.20. The third-order valence-electron chi connectivity index (χ3n) is 7.65. The largest absolute Gasteiger partial charge is 0.497 e. The van der Waals surface area contributed by atoms with Crippen molar-refractivity contribution in [2.75, 3.05) is 30.8 Å². The Labute approximate surface area is 196 Å². The molecule has 0 saturated heterocycles. The van der Waals surface area contributed by atoms with E-state index in [1.807, 2.05) is 37.3 Å². The van der Waals surface area contributed by atoms with Gasteiger partial charge in [0.15, 0.2) is 0 Å². The summed E-state index contributed by atoms with van der Waals surface area (Å²) < 4.78 is 5.20. The van der Waals surface area contributed by atoms with Gasteiger partial charge in [0, 0.05) is 37.0 Å². The normalized spacial score (nSPS) is 27.3. The Kier molecular flexibility index (Phi) is 6.13. The van der Waals surface area contributed by atoms with E-state index in [1.54, 1.807) is 7.11 Å². The molecular weight excluding hydrogens is 414 g/mol. The van der Waals surface area contributed by atoms with Crippen LogP contribution in [0.1, 0.15) is 50.6 Å². The lowest BCUT2D eigenvalue weighted by molar-refractivity contribution is -0.129. The lowest BCUT2D eigenvalue weighted by atomic mass is 9.49. The van der Waals surface area contributed by atoms with Gasteiger partial charge in [-0.15, -0.1) is 0 Å². The Hall–Kier alpha value is -2.83. The van der Waals surface area contributed by atoms with Crippen LogP contribution in [0, 0.1) is 30.1 Å². The number of hydrogen-bond acceptors (Lipinski definition) is 6. The van der Waals surface area contributed by atoms with Crippen LogP contribution in [0.25, 0.3) is 0 Å². The maximum absolute atomic E-state index is 12.7. The Morgan fingerprint density at radius 1 is 1.03 bits per heavy atom. The van der Waals surface area contributed by atoms with E-state index in [1.165, 1.54) is 38.5 Å². The molecule has 4 saturated carbocycles. The molecule has 0 atom stereocenters. The molecule has 4 aliphatic carbocycles. The van der Waals surface area contributed by atoms with Crippen molar-refractivity contribution >= 4 is 23.4 Å². The number of ether oxygens (including phenoxy) is 1. The minimum atomic E-state index is 0.200. The highest BCUT2D eigenvalue weighted by atomic mass is 16.5. The zero-order chi connectivity index (χ0) is 22.8. The lowest BCUT2D eigenvalue weighted by Gasteiger charge is -2.56. The molecule has 0 radical (unpaired) electrons. The maximum atomic E-state index is 12.7. The first-order chi connectivity index (χ1) is 16.0. The number of carbonyl (C=O) groups is 1. The molecule has 0 unspecified atom stereocenters. The van der Waals surface area contributed by atoms with E-state index in [2.05, 4.69) is 25.9 Å². The number of hydrogen-bond donors (Lipinski definition) is 3. The first-order valence-electron chi connectivity index (χ1n) is 12.3. The van der Waals surface area contributed by atoms with E-state index in [0.29, 0.717) is 25.5 Å². The summed E-state index contributed by atoms with van der Waals surface area (Å²) >= 11 is 0. The van der Waals surface area contributed by atoms with E-state index < -0.39 is 0 Å². The summed E-state index contributed by atoms with van der Waals surface area (Å²) in [5.74, 6) is 4.93. The summed E-state index contributed by atoms with van der Waals surface area (Å²) in [6, 6.07) is 9.61. The minimum Gasteiger partial charge on any atom is -0.497 e. The maximum Gasteiger partial charge on any atom is 0.224 e. The van der Waals surface area contributed by atoms with Gasteiger partial charge in [0.2, 0.25) is 11.9 Å². The number of anilines is 3. The van der Waals surface area contributed by atoms with Crippen LogP contribution in [0.5, 0.6) is 5.75 Å². The van der Waals surface area contributed by atoms with Crippen LogP contribution in [-0.2, 0) is 4.79 Å². The van der Waals surface area contributed by atoms with Crippen molar-refractivity contribution in [2.24, 2.45) is 23.2 Å². The Morgan fingerprint density at radius 3 is 2.33 bits per heavy atom. The highest BCUT2D eigenvalue weighted by Crippen LogP contribution is 2.61. The molecule has 0 spiro atoms. The first-order valence-corrected chi connectivity index (χ1v) is 12.3. The summed E-state index contributed by atoms with van der Waals surface area (Å²) in [6.07, 6.45) is 8.75. The standard InChI is InChI=1S/C26H35N5O2/c1-17-9-23(30-21-3-5-22(33-2)6-4-21)31-25(29-17)28-8-7-27-24(32)16-26-13-18-10-19(14-26)12-20(11-18)15-26/h3-6,9,18-20H,7-8,10-16H2,1-2H3,(H,27,32)(H2,28,29,30,31). The predicted molar refractivity (Wildman–Crippen MR) is 130 cm³/mol. The van der Waals surface area contributed by atoms with Gasteiger partial charge in [-0.3, -0.25) is 4.79 Å². The van der Waals surface area contributed by atoms with Crippen LogP contribution in [0.4, 0.5) is 17.5 Å². The van der Waals surface area contributed by atoms with E-state index >= 15 is 0 Å². The molecule has 1 heterocycles. The molecule has 1 aromatic carbocycles. The average Bonchev–Trinajstić information content (AvgIpc) is 2.76. The second-order valence-electron chi connectivity index (χ2n) is 10.4. The summed E-state index contributed by atoms with van der Waals surface area (Å²) in [6.45, 7) is 3.11. The van der Waals surface area contributed by atoms with Crippen LogP contribution in [0.2, 0.25) is 0 Å². The number of methoxy groups -OCH3 is 1. The molecule has 0 aliphatic heterocycles. The summed E-state index contributed by atoms with van der Waals surface area (Å²) in [5.41, 5.74) is 2.08. The molecule has 33 heavy (non-hydrogen) atoms. The molecule has 176 valence electrons. The quantitative estimate of drug-likeness (QED) is 0.482. The fourth-order valence-corrected chi connectivity index (χ4v) is 6.82. The van der Waals surface area contributed by atoms with Gasteiger partial charge in [-0.25, -0.2) is 4.98 Å². The topological polar surface area (TPSA) is 88.2 Å². The number of nitrogens with one attached hydrogen (secondary N) is 3. The van der Waals surface area contributed by atoms with Crippen LogP contribution < -0.4 is 20.7 Å². The van der Waals surface area contributed by atoms with Crippen molar-refractivity contribution in [3.05, 3.63) is 36.0 Å². The van der Waals surface area contributed by atoms with Crippen molar-refractivity contribution in [1.82, 2.24) is 15.3 Å². The molecule has 2 aromatic rings. The smallest absolute Gasteiger partial charge is 0.224 e. The van der Waals surface area contributed by atoms with Gasteiger partial charge < -0.3 is 20.7 Å². The van der Waals surface area contributed by atoms with E-state index in [-0.39, 0.29) is 11.3 Å². The van der Waals surface area contributed by atoms with Crippen molar-refractivity contribution in [2.45, 2.75) is 51.9 Å². The number of carbonyl (C=O) groups excluding carboxylic acids is 1. The number of aryl methyl sites for hydroxylation is 1. The van der Waals surface area contributed by atoms with Crippen molar-refractivity contribution in [1.29, 1.82) is 0 Å². The van der Waals surface area contributed by atoms with Crippen molar-refractivity contribution < 1.29 is 9.53 Å². The fourth-order valence-electron chi connectivity index (χ4n) is 6.82. The van der Waals surface area contributed by atoms with Gasteiger partial charge in [-0.2, -0.15) is 4.98 Å². The Morgan fingerprint density at radius 2 is 1.70 bits per heavy atom. The molecule has 6 rings (SSSR count). The molecule has 4 aliphatic rings. The minimum absolute atomic E-state index is 0.200. The van der Waals surface area contributed by atoms with E-state index in [4.69, 9.17) is 4.74 Å². The second-order valence-corrected chi connectivity index (χ2v) is 10.4. The van der Waals surface area contributed by atoms with Crippen LogP contribution in [0.3, 0.4) is 0 Å². The molecule has 4 bridgehead atoms. The van der Waals surface area contributed by atoms with Crippen LogP contribution in [0.15, 0.2) is 30.3 Å². The van der Waals surface area contributed by atoms with Crippen molar-refractivity contribution in [3.8, 4) is 5.75 Å². The van der Waals surface area contributed by atoms with Gasteiger partial charge in [0.05, 0.1) is 7.11 Å². The molecular formula is C26H35N5O2. The Bertz CT molecular complexity index is 955. The van der Waals surface area contributed by atoms with Crippen molar-refractivity contribution in [3.63, 3.8) is 0 Å². The van der Waals surface area contributed by atoms with Crippen LogP contribution >= 0.6 is 0 Å². The molecule has 7 nitrogen and oxygen atoms in total.